The van der Waals surface area contributed by atoms with Gasteiger partial charge in [-0.2, -0.15) is 0 Å². The molecule has 29 heavy (non-hydrogen) atoms. The van der Waals surface area contributed by atoms with Crippen LogP contribution in [0.15, 0.2) is 12.1 Å². The maximum atomic E-state index is 11.9. The molecule has 160 valence electrons. The van der Waals surface area contributed by atoms with Gasteiger partial charge in [-0.15, -0.1) is 0 Å². The maximum Gasteiger partial charge on any atom is 0.323 e. The van der Waals surface area contributed by atoms with E-state index in [2.05, 4.69) is 5.43 Å². The molecule has 1 amide bonds. The Morgan fingerprint density at radius 3 is 2.52 bits per heavy atom. The van der Waals surface area contributed by atoms with Crippen LogP contribution in [0.1, 0.15) is 68.6 Å². The second-order valence-corrected chi connectivity index (χ2v) is 7.59. The first-order valence-electron chi connectivity index (χ1n) is 10.0. The summed E-state index contributed by atoms with van der Waals surface area (Å²) >= 11 is 6.04. The molecule has 1 saturated heterocycles. The second-order valence-electron chi connectivity index (χ2n) is 7.18. The molecule has 0 saturated carbocycles. The van der Waals surface area contributed by atoms with E-state index in [1.807, 2.05) is 5.01 Å². The lowest BCUT2D eigenvalue weighted by Gasteiger charge is -2.26. The molecule has 9 heteroatoms. The third-order valence-electron chi connectivity index (χ3n) is 4.83. The number of nitro benzene ring substituents is 1. The van der Waals surface area contributed by atoms with Crippen LogP contribution in [0.2, 0.25) is 5.02 Å². The van der Waals surface area contributed by atoms with Gasteiger partial charge in [0.05, 0.1) is 22.1 Å². The van der Waals surface area contributed by atoms with E-state index in [-0.39, 0.29) is 34.5 Å². The molecule has 1 aliphatic rings. The number of ketones is 1. The zero-order valence-electron chi connectivity index (χ0n) is 16.7. The van der Waals surface area contributed by atoms with E-state index >= 15 is 0 Å². The molecule has 1 aromatic rings. The standard InChI is InChI=1S/C20H28ClN3O5/c1-15(25)16-10-11-17(21)20(19(16)24(27)28)29-14-8-3-2-5-9-18(26)22-23-12-6-4-7-13-23/h10-11H,2-9,12-14H2,1H3,(H,22,26). The Morgan fingerprint density at radius 1 is 1.17 bits per heavy atom. The molecule has 0 radical (unpaired) electrons. The summed E-state index contributed by atoms with van der Waals surface area (Å²) in [4.78, 5) is 34.3. The average Bonchev–Trinajstić information content (AvgIpc) is 2.68. The Balaban J connectivity index is 1.70. The largest absolute Gasteiger partial charge is 0.486 e. The van der Waals surface area contributed by atoms with Gasteiger partial charge in [0.2, 0.25) is 11.7 Å². The van der Waals surface area contributed by atoms with Gasteiger partial charge in [0.15, 0.2) is 5.78 Å². The van der Waals surface area contributed by atoms with Crippen molar-refractivity contribution in [2.45, 2.75) is 58.3 Å². The number of rotatable bonds is 11. The number of Topliss-reactive ketones (excluding diaryl/α,β-unsaturated/α-hetero) is 1. The fraction of sp³-hybridized carbons (Fsp3) is 0.600. The van der Waals surface area contributed by atoms with Gasteiger partial charge in [0.1, 0.15) is 0 Å². The number of benzene rings is 1. The predicted octanol–water partition coefficient (Wildman–Crippen LogP) is 4.30. The van der Waals surface area contributed by atoms with Crippen LogP contribution in [-0.4, -0.2) is 41.3 Å². The lowest BCUT2D eigenvalue weighted by Crippen LogP contribution is -2.44. The molecule has 1 aromatic carbocycles. The fourth-order valence-electron chi connectivity index (χ4n) is 3.30. The first kappa shape index (κ1) is 23.1. The summed E-state index contributed by atoms with van der Waals surface area (Å²) in [5.74, 6) is -0.432. The molecule has 1 N–H and O–H groups in total. The van der Waals surface area contributed by atoms with Crippen LogP contribution in [0.5, 0.6) is 5.75 Å². The van der Waals surface area contributed by atoms with Crippen molar-refractivity contribution in [3.63, 3.8) is 0 Å². The molecule has 0 bridgehead atoms. The Hall–Kier alpha value is -2.19. The smallest absolute Gasteiger partial charge is 0.323 e. The van der Waals surface area contributed by atoms with Gasteiger partial charge in [-0.25, -0.2) is 5.01 Å². The normalized spacial score (nSPS) is 14.4. The van der Waals surface area contributed by atoms with Crippen LogP contribution in [0.25, 0.3) is 0 Å². The molecule has 0 aromatic heterocycles. The number of nitro groups is 1. The van der Waals surface area contributed by atoms with Gasteiger partial charge >= 0.3 is 5.69 Å². The monoisotopic (exact) mass is 425 g/mol. The van der Waals surface area contributed by atoms with Crippen molar-refractivity contribution in [1.29, 1.82) is 0 Å². The summed E-state index contributed by atoms with van der Waals surface area (Å²) in [6, 6.07) is 2.77. The van der Waals surface area contributed by atoms with Crippen LogP contribution in [0.3, 0.4) is 0 Å². The number of halogens is 1. The summed E-state index contributed by atoms with van der Waals surface area (Å²) in [5.41, 5.74) is 2.53. The minimum Gasteiger partial charge on any atom is -0.486 e. The van der Waals surface area contributed by atoms with Crippen molar-refractivity contribution in [3.8, 4) is 5.75 Å². The van der Waals surface area contributed by atoms with E-state index in [9.17, 15) is 19.7 Å². The molecule has 2 rings (SSSR count). The first-order chi connectivity index (χ1) is 13.9. The lowest BCUT2D eigenvalue weighted by molar-refractivity contribution is -0.386. The van der Waals surface area contributed by atoms with Crippen LogP contribution in [-0.2, 0) is 4.79 Å². The Kier molecular flexibility index (Phi) is 9.34. The Bertz CT molecular complexity index is 735. The van der Waals surface area contributed by atoms with E-state index in [4.69, 9.17) is 16.3 Å². The molecule has 0 unspecified atom stereocenters. The van der Waals surface area contributed by atoms with Crippen molar-refractivity contribution in [2.24, 2.45) is 0 Å². The molecular formula is C20H28ClN3O5. The lowest BCUT2D eigenvalue weighted by atomic mass is 10.1. The van der Waals surface area contributed by atoms with E-state index in [1.54, 1.807) is 0 Å². The second kappa shape index (κ2) is 11.7. The molecule has 0 aliphatic carbocycles. The summed E-state index contributed by atoms with van der Waals surface area (Å²) in [6.07, 6.45) is 7.09. The number of unbranched alkanes of at least 4 members (excludes halogenated alkanes) is 3. The number of hydrazine groups is 1. The van der Waals surface area contributed by atoms with Gasteiger partial charge < -0.3 is 4.74 Å². The highest BCUT2D eigenvalue weighted by molar-refractivity contribution is 6.32. The molecule has 0 atom stereocenters. The van der Waals surface area contributed by atoms with Crippen LogP contribution in [0.4, 0.5) is 5.69 Å². The van der Waals surface area contributed by atoms with Crippen LogP contribution < -0.4 is 10.2 Å². The molecule has 1 aliphatic heterocycles. The van der Waals surface area contributed by atoms with Crippen molar-refractivity contribution in [3.05, 3.63) is 32.8 Å². The van der Waals surface area contributed by atoms with Gasteiger partial charge in [0, 0.05) is 19.5 Å². The summed E-state index contributed by atoms with van der Waals surface area (Å²) in [7, 11) is 0. The topological polar surface area (TPSA) is 102 Å². The van der Waals surface area contributed by atoms with Crippen LogP contribution in [0, 0.1) is 10.1 Å². The third-order valence-corrected chi connectivity index (χ3v) is 5.13. The number of ether oxygens (including phenoxy) is 1. The number of piperidine rings is 1. The van der Waals surface area contributed by atoms with E-state index in [0.29, 0.717) is 12.8 Å². The zero-order valence-corrected chi connectivity index (χ0v) is 17.5. The number of hydrogen-bond acceptors (Lipinski definition) is 6. The zero-order chi connectivity index (χ0) is 21.2. The van der Waals surface area contributed by atoms with Crippen molar-refractivity contribution in [1.82, 2.24) is 10.4 Å². The van der Waals surface area contributed by atoms with Gasteiger partial charge in [-0.1, -0.05) is 30.9 Å². The SMILES string of the molecule is CC(=O)c1ccc(Cl)c(OCCCCCCC(=O)NN2CCCCC2)c1[N+](=O)[O-]. The van der Waals surface area contributed by atoms with E-state index in [1.165, 1.54) is 25.5 Å². The molecule has 0 spiro atoms. The summed E-state index contributed by atoms with van der Waals surface area (Å²) < 4.78 is 5.54. The summed E-state index contributed by atoms with van der Waals surface area (Å²) in [6.45, 7) is 3.36. The number of carbonyl (C=O) groups is 2. The quantitative estimate of drug-likeness (QED) is 0.245. The molecule has 1 fully saturated rings. The van der Waals surface area contributed by atoms with Gasteiger partial charge in [-0.3, -0.25) is 25.1 Å². The number of amides is 1. The summed E-state index contributed by atoms with van der Waals surface area (Å²) in [5, 5.41) is 13.5. The van der Waals surface area contributed by atoms with Crippen molar-refractivity contribution < 1.29 is 19.2 Å². The van der Waals surface area contributed by atoms with E-state index in [0.717, 1.165) is 45.2 Å². The van der Waals surface area contributed by atoms with Crippen molar-refractivity contribution >= 4 is 29.0 Å². The minimum absolute atomic E-state index is 0.0193. The third kappa shape index (κ3) is 7.29. The number of nitrogens with one attached hydrogen (secondary N) is 1. The van der Waals surface area contributed by atoms with Crippen LogP contribution >= 0.6 is 11.6 Å². The molecule has 8 nitrogen and oxygen atoms in total. The number of hydrogen-bond donors (Lipinski definition) is 1. The number of carbonyl (C=O) groups excluding carboxylic acids is 2. The highest BCUT2D eigenvalue weighted by atomic mass is 35.5. The highest BCUT2D eigenvalue weighted by Crippen LogP contribution is 2.38. The molecule has 1 heterocycles. The first-order valence-corrected chi connectivity index (χ1v) is 10.4. The average molecular weight is 426 g/mol. The van der Waals surface area contributed by atoms with Crippen molar-refractivity contribution in [2.75, 3.05) is 19.7 Å². The maximum absolute atomic E-state index is 11.9. The van der Waals surface area contributed by atoms with Gasteiger partial charge in [-0.05, 0) is 44.7 Å². The van der Waals surface area contributed by atoms with E-state index < -0.39 is 10.7 Å². The van der Waals surface area contributed by atoms with Gasteiger partial charge in [0.25, 0.3) is 0 Å². The molecular weight excluding hydrogens is 398 g/mol. The fourth-order valence-corrected chi connectivity index (χ4v) is 3.51. The number of nitrogens with zero attached hydrogens (tertiary/aromatic N) is 2. The minimum atomic E-state index is -0.640. The highest BCUT2D eigenvalue weighted by Gasteiger charge is 2.26. The Morgan fingerprint density at radius 2 is 1.86 bits per heavy atom. The predicted molar refractivity (Wildman–Crippen MR) is 110 cm³/mol. The Labute approximate surface area is 175 Å².